The van der Waals surface area contributed by atoms with E-state index in [1.165, 1.54) is 30.6 Å². The van der Waals surface area contributed by atoms with Crippen LogP contribution in [0.1, 0.15) is 26.5 Å². The molecule has 0 saturated carbocycles. The SMILES string of the molecule is Cc1cnc(C(=O)Nc2cccc(C(=O)O)c2O)cn1. The molecule has 7 nitrogen and oxygen atoms in total. The van der Waals surface area contributed by atoms with Crippen LogP contribution >= 0.6 is 0 Å². The number of aryl methyl sites for hydroxylation is 1. The predicted molar refractivity (Wildman–Crippen MR) is 69.8 cm³/mol. The van der Waals surface area contributed by atoms with Crippen LogP contribution in [0.15, 0.2) is 30.6 Å². The highest BCUT2D eigenvalue weighted by Gasteiger charge is 2.16. The minimum atomic E-state index is -1.28. The number of aromatic carboxylic acids is 1. The van der Waals surface area contributed by atoms with Gasteiger partial charge in [-0.15, -0.1) is 0 Å². The van der Waals surface area contributed by atoms with E-state index < -0.39 is 17.6 Å². The molecule has 2 rings (SSSR count). The Kier molecular flexibility index (Phi) is 3.60. The van der Waals surface area contributed by atoms with Crippen molar-refractivity contribution in [3.8, 4) is 5.75 Å². The van der Waals surface area contributed by atoms with Crippen LogP contribution < -0.4 is 5.32 Å². The summed E-state index contributed by atoms with van der Waals surface area (Å²) < 4.78 is 0. The topological polar surface area (TPSA) is 112 Å². The summed E-state index contributed by atoms with van der Waals surface area (Å²) >= 11 is 0. The van der Waals surface area contributed by atoms with Crippen molar-refractivity contribution >= 4 is 17.6 Å². The normalized spacial score (nSPS) is 10.1. The summed E-state index contributed by atoms with van der Waals surface area (Å²) in [6.07, 6.45) is 2.73. The van der Waals surface area contributed by atoms with Gasteiger partial charge in [0.1, 0.15) is 11.3 Å². The number of hydrogen-bond donors (Lipinski definition) is 3. The van der Waals surface area contributed by atoms with Gasteiger partial charge in [-0.3, -0.25) is 9.78 Å². The zero-order chi connectivity index (χ0) is 14.7. The molecule has 20 heavy (non-hydrogen) atoms. The van der Waals surface area contributed by atoms with Crippen molar-refractivity contribution in [3.05, 3.63) is 47.5 Å². The van der Waals surface area contributed by atoms with Gasteiger partial charge in [-0.2, -0.15) is 0 Å². The second-order valence-electron chi connectivity index (χ2n) is 4.00. The van der Waals surface area contributed by atoms with Crippen molar-refractivity contribution in [2.45, 2.75) is 6.92 Å². The zero-order valence-corrected chi connectivity index (χ0v) is 10.5. The second-order valence-corrected chi connectivity index (χ2v) is 4.00. The van der Waals surface area contributed by atoms with Crippen LogP contribution in [0.3, 0.4) is 0 Å². The van der Waals surface area contributed by atoms with Crippen molar-refractivity contribution in [3.63, 3.8) is 0 Å². The van der Waals surface area contributed by atoms with Crippen molar-refractivity contribution in [1.29, 1.82) is 0 Å². The molecule has 1 amide bonds. The highest BCUT2D eigenvalue weighted by molar-refractivity contribution is 6.04. The van der Waals surface area contributed by atoms with Crippen LogP contribution in [0.25, 0.3) is 0 Å². The fraction of sp³-hybridized carbons (Fsp3) is 0.0769. The third kappa shape index (κ3) is 2.72. The molecule has 0 atom stereocenters. The maximum atomic E-state index is 11.9. The molecule has 0 spiro atoms. The Morgan fingerprint density at radius 2 is 1.95 bits per heavy atom. The largest absolute Gasteiger partial charge is 0.505 e. The van der Waals surface area contributed by atoms with Gasteiger partial charge in [0.05, 0.1) is 17.6 Å². The lowest BCUT2D eigenvalue weighted by Gasteiger charge is -2.08. The quantitative estimate of drug-likeness (QED) is 0.729. The molecule has 2 aromatic rings. The van der Waals surface area contributed by atoms with Gasteiger partial charge in [0.2, 0.25) is 0 Å². The molecule has 1 aromatic carbocycles. The summed E-state index contributed by atoms with van der Waals surface area (Å²) in [7, 11) is 0. The minimum absolute atomic E-state index is 0.00252. The van der Waals surface area contributed by atoms with Gasteiger partial charge in [-0.05, 0) is 19.1 Å². The highest BCUT2D eigenvalue weighted by Crippen LogP contribution is 2.27. The molecular formula is C13H11N3O4. The highest BCUT2D eigenvalue weighted by atomic mass is 16.4. The maximum Gasteiger partial charge on any atom is 0.339 e. The van der Waals surface area contributed by atoms with Gasteiger partial charge in [0.25, 0.3) is 5.91 Å². The molecule has 1 aromatic heterocycles. The molecule has 0 bridgehead atoms. The van der Waals surface area contributed by atoms with E-state index in [1.807, 2.05) is 0 Å². The Hall–Kier alpha value is -2.96. The van der Waals surface area contributed by atoms with Crippen molar-refractivity contribution in [2.24, 2.45) is 0 Å². The van der Waals surface area contributed by atoms with E-state index in [0.29, 0.717) is 5.69 Å². The minimum Gasteiger partial charge on any atom is -0.505 e. The average molecular weight is 273 g/mol. The smallest absolute Gasteiger partial charge is 0.339 e. The number of nitrogens with one attached hydrogen (secondary N) is 1. The third-order valence-corrected chi connectivity index (χ3v) is 2.53. The number of anilines is 1. The van der Waals surface area contributed by atoms with E-state index in [1.54, 1.807) is 6.92 Å². The van der Waals surface area contributed by atoms with Crippen LogP contribution in [-0.2, 0) is 0 Å². The number of carboxylic acid groups (broad SMARTS) is 1. The lowest BCUT2D eigenvalue weighted by atomic mass is 10.1. The molecule has 0 aliphatic rings. The fourth-order valence-electron chi connectivity index (χ4n) is 1.51. The van der Waals surface area contributed by atoms with E-state index in [0.717, 1.165) is 0 Å². The molecule has 7 heteroatoms. The van der Waals surface area contributed by atoms with Crippen LogP contribution in [-0.4, -0.2) is 32.1 Å². The molecule has 3 N–H and O–H groups in total. The standard InChI is InChI=1S/C13H11N3O4/c1-7-5-15-10(6-14-7)12(18)16-9-4-2-3-8(11(9)17)13(19)20/h2-6,17H,1H3,(H,16,18)(H,19,20). The van der Waals surface area contributed by atoms with Gasteiger partial charge in [0.15, 0.2) is 5.75 Å². The monoisotopic (exact) mass is 273 g/mol. The van der Waals surface area contributed by atoms with E-state index >= 15 is 0 Å². The summed E-state index contributed by atoms with van der Waals surface area (Å²) in [5, 5.41) is 21.0. The number of carboxylic acids is 1. The predicted octanol–water partition coefficient (Wildman–Crippen LogP) is 1.44. The second kappa shape index (κ2) is 5.35. The van der Waals surface area contributed by atoms with Gasteiger partial charge in [0, 0.05) is 6.20 Å². The Bertz CT molecular complexity index is 668. The number of rotatable bonds is 3. The van der Waals surface area contributed by atoms with E-state index in [-0.39, 0.29) is 16.9 Å². The summed E-state index contributed by atoms with van der Waals surface area (Å²) in [5.74, 6) is -2.38. The van der Waals surface area contributed by atoms with Crippen molar-refractivity contribution in [1.82, 2.24) is 9.97 Å². The molecule has 0 saturated heterocycles. The van der Waals surface area contributed by atoms with Crippen LogP contribution in [0.4, 0.5) is 5.69 Å². The lowest BCUT2D eigenvalue weighted by Crippen LogP contribution is -2.14. The van der Waals surface area contributed by atoms with Gasteiger partial charge in [-0.25, -0.2) is 9.78 Å². The number of hydrogen-bond acceptors (Lipinski definition) is 5. The van der Waals surface area contributed by atoms with Gasteiger partial charge < -0.3 is 15.5 Å². The summed E-state index contributed by atoms with van der Waals surface area (Å²) in [6.45, 7) is 1.73. The first-order valence-corrected chi connectivity index (χ1v) is 5.64. The number of carbonyl (C=O) groups is 2. The zero-order valence-electron chi connectivity index (χ0n) is 10.5. The van der Waals surface area contributed by atoms with E-state index in [2.05, 4.69) is 15.3 Å². The molecule has 0 radical (unpaired) electrons. The van der Waals surface area contributed by atoms with Crippen molar-refractivity contribution in [2.75, 3.05) is 5.32 Å². The van der Waals surface area contributed by atoms with Gasteiger partial charge in [-0.1, -0.05) is 6.07 Å². The Labute approximate surface area is 113 Å². The van der Waals surface area contributed by atoms with E-state index in [4.69, 9.17) is 5.11 Å². The maximum absolute atomic E-state index is 11.9. The van der Waals surface area contributed by atoms with E-state index in [9.17, 15) is 14.7 Å². The molecule has 0 aliphatic carbocycles. The number of nitrogens with zero attached hydrogens (tertiary/aromatic N) is 2. The fourth-order valence-corrected chi connectivity index (χ4v) is 1.51. The first kappa shape index (κ1) is 13.5. The Balaban J connectivity index is 2.26. The molecule has 102 valence electrons. The first-order valence-electron chi connectivity index (χ1n) is 5.64. The molecular weight excluding hydrogens is 262 g/mol. The first-order chi connectivity index (χ1) is 9.49. The number of phenols is 1. The van der Waals surface area contributed by atoms with Crippen LogP contribution in [0.2, 0.25) is 0 Å². The van der Waals surface area contributed by atoms with Crippen LogP contribution in [0.5, 0.6) is 5.75 Å². The molecule has 0 aliphatic heterocycles. The Morgan fingerprint density at radius 3 is 2.55 bits per heavy atom. The van der Waals surface area contributed by atoms with Gasteiger partial charge >= 0.3 is 5.97 Å². The number of benzene rings is 1. The third-order valence-electron chi connectivity index (χ3n) is 2.53. The average Bonchev–Trinajstić information content (AvgIpc) is 2.41. The number of para-hydroxylation sites is 1. The van der Waals surface area contributed by atoms with Crippen molar-refractivity contribution < 1.29 is 19.8 Å². The lowest BCUT2D eigenvalue weighted by molar-refractivity contribution is 0.0693. The number of aromatic nitrogens is 2. The molecule has 0 unspecified atom stereocenters. The number of amides is 1. The summed E-state index contributed by atoms with van der Waals surface area (Å²) in [6, 6.07) is 4.04. The summed E-state index contributed by atoms with van der Waals surface area (Å²) in [5.41, 5.74) is 0.433. The number of aromatic hydroxyl groups is 1. The Morgan fingerprint density at radius 1 is 1.20 bits per heavy atom. The molecule has 0 fully saturated rings. The summed E-state index contributed by atoms with van der Waals surface area (Å²) in [4.78, 5) is 30.6. The van der Waals surface area contributed by atoms with Crippen LogP contribution in [0, 0.1) is 6.92 Å². The number of carbonyl (C=O) groups excluding carboxylic acids is 1. The molecule has 1 heterocycles.